The Labute approximate surface area is 112 Å². The summed E-state index contributed by atoms with van der Waals surface area (Å²) in [5.41, 5.74) is 0.258. The number of pyridine rings is 1. The van der Waals surface area contributed by atoms with Gasteiger partial charge < -0.3 is 10.1 Å². The first-order valence-electron chi connectivity index (χ1n) is 5.92. The Morgan fingerprint density at radius 2 is 2.32 bits per heavy atom. The number of ether oxygens (including phenoxy) is 1. The van der Waals surface area contributed by atoms with Crippen molar-refractivity contribution in [2.75, 3.05) is 7.11 Å². The number of methoxy groups -OCH3 is 1. The highest BCUT2D eigenvalue weighted by molar-refractivity contribution is 5.95. The number of aromatic nitrogens is 1. The second kappa shape index (κ2) is 7.88. The molecule has 0 fully saturated rings. The second-order valence-electron chi connectivity index (χ2n) is 3.86. The van der Waals surface area contributed by atoms with Gasteiger partial charge in [-0.1, -0.05) is 6.07 Å². The normalized spacial score (nSPS) is 11.2. The smallest absolute Gasteiger partial charge is 0.328 e. The molecule has 0 aliphatic rings. The van der Waals surface area contributed by atoms with E-state index in [1.807, 2.05) is 0 Å². The summed E-state index contributed by atoms with van der Waals surface area (Å²) in [5.74, 6) is 1.60. The molecule has 0 saturated carbocycles. The minimum atomic E-state index is -0.701. The first-order chi connectivity index (χ1) is 9.19. The van der Waals surface area contributed by atoms with Gasteiger partial charge in [0.2, 0.25) is 0 Å². The SMILES string of the molecule is C#CCCC[C@H](NC(=O)c1ccccn1)C(=O)OC. The van der Waals surface area contributed by atoms with E-state index < -0.39 is 17.9 Å². The molecule has 1 aromatic heterocycles. The van der Waals surface area contributed by atoms with Crippen molar-refractivity contribution >= 4 is 11.9 Å². The maximum absolute atomic E-state index is 11.9. The molecule has 1 atom stereocenters. The fraction of sp³-hybridized carbons (Fsp3) is 0.357. The topological polar surface area (TPSA) is 68.3 Å². The van der Waals surface area contributed by atoms with Crippen molar-refractivity contribution in [1.29, 1.82) is 0 Å². The lowest BCUT2D eigenvalue weighted by atomic mass is 10.1. The quantitative estimate of drug-likeness (QED) is 0.473. The van der Waals surface area contributed by atoms with Crippen LogP contribution in [0.5, 0.6) is 0 Å². The van der Waals surface area contributed by atoms with Gasteiger partial charge in [0.25, 0.3) is 5.91 Å². The number of carbonyl (C=O) groups excluding carboxylic acids is 2. The summed E-state index contributed by atoms with van der Waals surface area (Å²) in [4.78, 5) is 27.4. The fourth-order valence-corrected chi connectivity index (χ4v) is 1.53. The summed E-state index contributed by atoms with van der Waals surface area (Å²) in [6.07, 6.45) is 8.29. The van der Waals surface area contributed by atoms with Crippen LogP contribution >= 0.6 is 0 Å². The van der Waals surface area contributed by atoms with Crippen LogP contribution < -0.4 is 5.32 Å². The highest BCUT2D eigenvalue weighted by atomic mass is 16.5. The molecule has 0 aliphatic heterocycles. The van der Waals surface area contributed by atoms with Gasteiger partial charge in [0, 0.05) is 12.6 Å². The molecule has 5 heteroatoms. The van der Waals surface area contributed by atoms with E-state index in [1.54, 1.807) is 18.2 Å². The van der Waals surface area contributed by atoms with E-state index in [4.69, 9.17) is 6.42 Å². The Morgan fingerprint density at radius 1 is 1.53 bits per heavy atom. The zero-order valence-electron chi connectivity index (χ0n) is 10.8. The Morgan fingerprint density at radius 3 is 2.89 bits per heavy atom. The molecule has 0 spiro atoms. The van der Waals surface area contributed by atoms with Crippen LogP contribution in [0, 0.1) is 12.3 Å². The van der Waals surface area contributed by atoms with E-state index in [-0.39, 0.29) is 5.69 Å². The van der Waals surface area contributed by atoms with Crippen molar-refractivity contribution in [2.45, 2.75) is 25.3 Å². The third kappa shape index (κ3) is 4.80. The molecule has 1 aromatic rings. The molecule has 1 N–H and O–H groups in total. The van der Waals surface area contributed by atoms with Crippen LogP contribution in [-0.4, -0.2) is 30.0 Å². The van der Waals surface area contributed by atoms with Gasteiger partial charge in [0.15, 0.2) is 0 Å². The van der Waals surface area contributed by atoms with Gasteiger partial charge >= 0.3 is 5.97 Å². The first kappa shape index (κ1) is 14.7. The summed E-state index contributed by atoms with van der Waals surface area (Å²) in [6, 6.07) is 4.29. The molecule has 0 saturated heterocycles. The van der Waals surface area contributed by atoms with Gasteiger partial charge in [-0.15, -0.1) is 12.3 Å². The van der Waals surface area contributed by atoms with Gasteiger partial charge in [-0.2, -0.15) is 0 Å². The predicted octanol–water partition coefficient (Wildman–Crippen LogP) is 1.16. The molecule has 1 rings (SSSR count). The van der Waals surface area contributed by atoms with E-state index in [0.717, 1.165) is 0 Å². The number of hydrogen-bond donors (Lipinski definition) is 1. The van der Waals surface area contributed by atoms with Gasteiger partial charge in [-0.05, 0) is 25.0 Å². The first-order valence-corrected chi connectivity index (χ1v) is 5.92. The monoisotopic (exact) mass is 260 g/mol. The molecule has 5 nitrogen and oxygen atoms in total. The molecule has 1 amide bonds. The van der Waals surface area contributed by atoms with E-state index in [0.29, 0.717) is 19.3 Å². The van der Waals surface area contributed by atoms with Gasteiger partial charge in [-0.3, -0.25) is 9.78 Å². The molecule has 0 radical (unpaired) electrons. The van der Waals surface area contributed by atoms with Gasteiger partial charge in [-0.25, -0.2) is 4.79 Å². The van der Waals surface area contributed by atoms with E-state index >= 15 is 0 Å². The second-order valence-corrected chi connectivity index (χ2v) is 3.86. The largest absolute Gasteiger partial charge is 0.467 e. The zero-order chi connectivity index (χ0) is 14.1. The van der Waals surface area contributed by atoms with Crippen LogP contribution in [0.25, 0.3) is 0 Å². The van der Waals surface area contributed by atoms with Crippen LogP contribution in [-0.2, 0) is 9.53 Å². The molecule has 19 heavy (non-hydrogen) atoms. The molecule has 0 aliphatic carbocycles. The zero-order valence-corrected chi connectivity index (χ0v) is 10.8. The maximum atomic E-state index is 11.9. The van der Waals surface area contributed by atoms with Crippen molar-refractivity contribution in [3.05, 3.63) is 30.1 Å². The van der Waals surface area contributed by atoms with Crippen LogP contribution in [0.3, 0.4) is 0 Å². The summed E-state index contributed by atoms with van der Waals surface area (Å²) < 4.78 is 4.65. The van der Waals surface area contributed by atoms with Crippen LogP contribution in [0.2, 0.25) is 0 Å². The average molecular weight is 260 g/mol. The minimum absolute atomic E-state index is 0.258. The van der Waals surface area contributed by atoms with Crippen molar-refractivity contribution in [2.24, 2.45) is 0 Å². The molecule has 1 heterocycles. The predicted molar refractivity (Wildman–Crippen MR) is 70.2 cm³/mol. The molecule has 0 unspecified atom stereocenters. The summed E-state index contributed by atoms with van der Waals surface area (Å²) >= 11 is 0. The summed E-state index contributed by atoms with van der Waals surface area (Å²) in [6.45, 7) is 0. The third-order valence-corrected chi connectivity index (χ3v) is 2.50. The molecule has 0 bridgehead atoms. The van der Waals surface area contributed by atoms with Crippen molar-refractivity contribution in [3.8, 4) is 12.3 Å². The van der Waals surface area contributed by atoms with Gasteiger partial charge in [0.1, 0.15) is 11.7 Å². The Balaban J connectivity index is 2.64. The van der Waals surface area contributed by atoms with Crippen LogP contribution in [0.15, 0.2) is 24.4 Å². The number of nitrogens with zero attached hydrogens (tertiary/aromatic N) is 1. The maximum Gasteiger partial charge on any atom is 0.328 e. The average Bonchev–Trinajstić information content (AvgIpc) is 2.46. The van der Waals surface area contributed by atoms with Gasteiger partial charge in [0.05, 0.1) is 7.11 Å². The number of unbranched alkanes of at least 4 members (excludes halogenated alkanes) is 1. The van der Waals surface area contributed by atoms with Crippen molar-refractivity contribution in [3.63, 3.8) is 0 Å². The Kier molecular flexibility index (Phi) is 6.10. The summed E-state index contributed by atoms with van der Waals surface area (Å²) in [7, 11) is 1.28. The lowest BCUT2D eigenvalue weighted by molar-refractivity contribution is -0.143. The van der Waals surface area contributed by atoms with Crippen LogP contribution in [0.4, 0.5) is 0 Å². The number of carbonyl (C=O) groups is 2. The van der Waals surface area contributed by atoms with Crippen molar-refractivity contribution in [1.82, 2.24) is 10.3 Å². The number of rotatable bonds is 6. The number of amides is 1. The lowest BCUT2D eigenvalue weighted by Crippen LogP contribution is -2.41. The number of nitrogens with one attached hydrogen (secondary N) is 1. The molecule has 0 aromatic carbocycles. The third-order valence-electron chi connectivity index (χ3n) is 2.50. The van der Waals surface area contributed by atoms with E-state index in [2.05, 4.69) is 21.0 Å². The highest BCUT2D eigenvalue weighted by Crippen LogP contribution is 2.04. The molecular weight excluding hydrogens is 244 g/mol. The lowest BCUT2D eigenvalue weighted by Gasteiger charge is -2.15. The number of esters is 1. The Hall–Kier alpha value is -2.35. The minimum Gasteiger partial charge on any atom is -0.467 e. The van der Waals surface area contributed by atoms with Crippen LogP contribution in [0.1, 0.15) is 29.8 Å². The summed E-state index contributed by atoms with van der Waals surface area (Å²) in [5, 5.41) is 2.60. The number of terminal acetylenes is 1. The fourth-order valence-electron chi connectivity index (χ4n) is 1.53. The molecular formula is C14H16N2O3. The van der Waals surface area contributed by atoms with E-state index in [9.17, 15) is 9.59 Å². The van der Waals surface area contributed by atoms with Crippen molar-refractivity contribution < 1.29 is 14.3 Å². The Bertz CT molecular complexity index is 465. The molecule has 100 valence electrons. The van der Waals surface area contributed by atoms with E-state index in [1.165, 1.54) is 13.3 Å². The number of hydrogen-bond acceptors (Lipinski definition) is 4. The highest BCUT2D eigenvalue weighted by Gasteiger charge is 2.21. The standard InChI is InChI=1S/C14H16N2O3/c1-3-4-5-9-12(14(18)19-2)16-13(17)11-8-6-7-10-15-11/h1,6-8,10,12H,4-5,9H2,2H3,(H,16,17)/t12-/m0/s1.